The maximum atomic E-state index is 6.01. The molecular formula is C11H10BrClN4. The summed E-state index contributed by atoms with van der Waals surface area (Å²) in [5.41, 5.74) is 7.61. The average Bonchev–Trinajstić information content (AvgIpc) is 2.30. The predicted molar refractivity (Wildman–Crippen MR) is 73.6 cm³/mol. The Labute approximate surface area is 112 Å². The lowest BCUT2D eigenvalue weighted by Crippen LogP contribution is -2.00. The van der Waals surface area contributed by atoms with Crippen LogP contribution in [0.15, 0.2) is 29.0 Å². The summed E-state index contributed by atoms with van der Waals surface area (Å²) in [7, 11) is 0. The SMILES string of the molecule is Cc1ccc(Br)cc1Nc1ncnc(N)c1Cl. The van der Waals surface area contributed by atoms with Crippen LogP contribution in [0.2, 0.25) is 5.02 Å². The molecule has 4 nitrogen and oxygen atoms in total. The lowest BCUT2D eigenvalue weighted by Gasteiger charge is -2.10. The highest BCUT2D eigenvalue weighted by Crippen LogP contribution is 2.29. The van der Waals surface area contributed by atoms with E-state index in [1.165, 1.54) is 6.33 Å². The number of hydrogen-bond donors (Lipinski definition) is 2. The number of anilines is 3. The first-order valence-corrected chi connectivity index (χ1v) is 6.04. The first-order valence-electron chi connectivity index (χ1n) is 4.87. The smallest absolute Gasteiger partial charge is 0.154 e. The minimum atomic E-state index is 0.261. The van der Waals surface area contributed by atoms with E-state index in [1.54, 1.807) is 0 Å². The summed E-state index contributed by atoms with van der Waals surface area (Å²) in [4.78, 5) is 7.86. The largest absolute Gasteiger partial charge is 0.382 e. The van der Waals surface area contributed by atoms with Crippen LogP contribution in [0.1, 0.15) is 5.56 Å². The fourth-order valence-electron chi connectivity index (χ4n) is 1.33. The molecule has 0 bridgehead atoms. The standard InChI is InChI=1S/C11H10BrClN4/c1-6-2-3-7(12)4-8(6)17-11-9(13)10(14)15-5-16-11/h2-5H,1H3,(H3,14,15,16,17). The Morgan fingerprint density at radius 2 is 2.12 bits per heavy atom. The van der Waals surface area contributed by atoms with Gasteiger partial charge in [-0.25, -0.2) is 9.97 Å². The van der Waals surface area contributed by atoms with Crippen LogP contribution in [0.25, 0.3) is 0 Å². The highest BCUT2D eigenvalue weighted by molar-refractivity contribution is 9.10. The molecule has 88 valence electrons. The molecule has 17 heavy (non-hydrogen) atoms. The quantitative estimate of drug-likeness (QED) is 0.890. The van der Waals surface area contributed by atoms with Gasteiger partial charge in [0.15, 0.2) is 5.82 Å². The Bertz CT molecular complexity index is 559. The van der Waals surface area contributed by atoms with Crippen LogP contribution in [0.4, 0.5) is 17.3 Å². The maximum Gasteiger partial charge on any atom is 0.154 e. The van der Waals surface area contributed by atoms with Crippen molar-refractivity contribution in [2.45, 2.75) is 6.92 Å². The topological polar surface area (TPSA) is 63.8 Å². The number of benzene rings is 1. The van der Waals surface area contributed by atoms with Crippen molar-refractivity contribution < 1.29 is 0 Å². The molecule has 1 heterocycles. The van der Waals surface area contributed by atoms with E-state index in [4.69, 9.17) is 17.3 Å². The van der Waals surface area contributed by atoms with Gasteiger partial charge in [-0.1, -0.05) is 33.6 Å². The molecule has 2 rings (SSSR count). The second-order valence-corrected chi connectivity index (χ2v) is 4.80. The monoisotopic (exact) mass is 312 g/mol. The van der Waals surface area contributed by atoms with Crippen LogP contribution < -0.4 is 11.1 Å². The van der Waals surface area contributed by atoms with Crippen molar-refractivity contribution in [2.75, 3.05) is 11.1 Å². The molecule has 0 atom stereocenters. The first kappa shape index (κ1) is 12.1. The molecule has 6 heteroatoms. The second kappa shape index (κ2) is 4.89. The van der Waals surface area contributed by atoms with Gasteiger partial charge >= 0.3 is 0 Å². The molecule has 0 spiro atoms. The molecule has 3 N–H and O–H groups in total. The average molecular weight is 314 g/mol. The molecule has 0 aliphatic carbocycles. The number of aromatic nitrogens is 2. The normalized spacial score (nSPS) is 10.3. The van der Waals surface area contributed by atoms with Crippen molar-refractivity contribution >= 4 is 44.9 Å². The molecule has 0 aliphatic rings. The highest BCUT2D eigenvalue weighted by Gasteiger charge is 2.08. The van der Waals surface area contributed by atoms with Crippen molar-refractivity contribution in [1.29, 1.82) is 0 Å². The van der Waals surface area contributed by atoms with Crippen molar-refractivity contribution in [3.63, 3.8) is 0 Å². The van der Waals surface area contributed by atoms with Crippen LogP contribution in [0.5, 0.6) is 0 Å². The van der Waals surface area contributed by atoms with Gasteiger partial charge in [-0.2, -0.15) is 0 Å². The van der Waals surface area contributed by atoms with Crippen LogP contribution >= 0.6 is 27.5 Å². The van der Waals surface area contributed by atoms with E-state index in [0.717, 1.165) is 15.7 Å². The van der Waals surface area contributed by atoms with E-state index in [0.29, 0.717) is 10.8 Å². The highest BCUT2D eigenvalue weighted by atomic mass is 79.9. The molecule has 2 aromatic rings. The Balaban J connectivity index is 2.38. The van der Waals surface area contributed by atoms with E-state index in [1.807, 2.05) is 25.1 Å². The fourth-order valence-corrected chi connectivity index (χ4v) is 1.83. The second-order valence-electron chi connectivity index (χ2n) is 3.51. The van der Waals surface area contributed by atoms with Gasteiger partial charge in [0.05, 0.1) is 0 Å². The summed E-state index contributed by atoms with van der Waals surface area (Å²) < 4.78 is 0.976. The third kappa shape index (κ3) is 2.68. The van der Waals surface area contributed by atoms with Crippen molar-refractivity contribution in [3.05, 3.63) is 39.6 Å². The number of rotatable bonds is 2. The van der Waals surface area contributed by atoms with Crippen molar-refractivity contribution in [1.82, 2.24) is 9.97 Å². The van der Waals surface area contributed by atoms with Gasteiger partial charge < -0.3 is 11.1 Å². The Morgan fingerprint density at radius 1 is 1.35 bits per heavy atom. The minimum Gasteiger partial charge on any atom is -0.382 e. The number of aryl methyl sites for hydroxylation is 1. The van der Waals surface area contributed by atoms with Gasteiger partial charge in [0.25, 0.3) is 0 Å². The molecule has 0 amide bonds. The summed E-state index contributed by atoms with van der Waals surface area (Å²) in [6, 6.07) is 5.91. The summed E-state index contributed by atoms with van der Waals surface area (Å²) >= 11 is 9.42. The van der Waals surface area contributed by atoms with Crippen LogP contribution in [-0.4, -0.2) is 9.97 Å². The maximum absolute atomic E-state index is 6.01. The van der Waals surface area contributed by atoms with Gasteiger partial charge in [-0.3, -0.25) is 0 Å². The molecular weight excluding hydrogens is 304 g/mol. The lowest BCUT2D eigenvalue weighted by atomic mass is 10.2. The van der Waals surface area contributed by atoms with E-state index in [-0.39, 0.29) is 5.82 Å². The summed E-state index contributed by atoms with van der Waals surface area (Å²) in [6.45, 7) is 1.99. The van der Waals surface area contributed by atoms with Gasteiger partial charge in [-0.05, 0) is 24.6 Å². The van der Waals surface area contributed by atoms with E-state index in [2.05, 4.69) is 31.2 Å². The number of nitrogens with one attached hydrogen (secondary N) is 1. The molecule has 0 fully saturated rings. The van der Waals surface area contributed by atoms with Gasteiger partial charge in [0.2, 0.25) is 0 Å². The molecule has 0 saturated heterocycles. The number of nitrogens with two attached hydrogens (primary N) is 1. The van der Waals surface area contributed by atoms with Gasteiger partial charge in [0, 0.05) is 10.2 Å². The zero-order valence-corrected chi connectivity index (χ0v) is 11.4. The molecule has 1 aromatic carbocycles. The van der Waals surface area contributed by atoms with Crippen molar-refractivity contribution in [2.24, 2.45) is 0 Å². The van der Waals surface area contributed by atoms with Crippen LogP contribution in [0, 0.1) is 6.92 Å². The Kier molecular flexibility index (Phi) is 3.49. The fraction of sp³-hybridized carbons (Fsp3) is 0.0909. The van der Waals surface area contributed by atoms with E-state index < -0.39 is 0 Å². The third-order valence-corrected chi connectivity index (χ3v) is 3.14. The molecule has 0 radical (unpaired) electrons. The van der Waals surface area contributed by atoms with Crippen molar-refractivity contribution in [3.8, 4) is 0 Å². The van der Waals surface area contributed by atoms with Gasteiger partial charge in [-0.15, -0.1) is 0 Å². The third-order valence-electron chi connectivity index (χ3n) is 2.27. The summed E-state index contributed by atoms with van der Waals surface area (Å²) in [5.74, 6) is 0.761. The van der Waals surface area contributed by atoms with E-state index in [9.17, 15) is 0 Å². The Morgan fingerprint density at radius 3 is 2.88 bits per heavy atom. The first-order chi connectivity index (χ1) is 8.08. The van der Waals surface area contributed by atoms with Crippen LogP contribution in [-0.2, 0) is 0 Å². The molecule has 0 aliphatic heterocycles. The van der Waals surface area contributed by atoms with Gasteiger partial charge in [0.1, 0.15) is 17.2 Å². The zero-order chi connectivity index (χ0) is 12.4. The summed E-state index contributed by atoms with van der Waals surface area (Å²) in [5, 5.41) is 3.45. The zero-order valence-electron chi connectivity index (χ0n) is 9.04. The molecule has 0 unspecified atom stereocenters. The molecule has 1 aromatic heterocycles. The number of halogens is 2. The minimum absolute atomic E-state index is 0.261. The number of hydrogen-bond acceptors (Lipinski definition) is 4. The van der Waals surface area contributed by atoms with E-state index >= 15 is 0 Å². The lowest BCUT2D eigenvalue weighted by molar-refractivity contribution is 1.17. The summed E-state index contributed by atoms with van der Waals surface area (Å²) in [6.07, 6.45) is 1.37. The Hall–Kier alpha value is -1.33. The number of nitrogens with zero attached hydrogens (tertiary/aromatic N) is 2. The number of nitrogen functional groups attached to an aromatic ring is 1. The predicted octanol–water partition coefficient (Wildman–Crippen LogP) is 3.53. The van der Waals surface area contributed by atoms with Crippen LogP contribution in [0.3, 0.4) is 0 Å². The molecule has 0 saturated carbocycles.